The number of alkyl halides is 3. The van der Waals surface area contributed by atoms with Crippen molar-refractivity contribution in [1.82, 2.24) is 0 Å². The highest BCUT2D eigenvalue weighted by Crippen LogP contribution is 2.29. The number of benzene rings is 1. The van der Waals surface area contributed by atoms with Crippen LogP contribution in [0.4, 0.5) is 13.2 Å². The highest BCUT2D eigenvalue weighted by molar-refractivity contribution is 9.10. The summed E-state index contributed by atoms with van der Waals surface area (Å²) in [5, 5.41) is 0. The van der Waals surface area contributed by atoms with Crippen molar-refractivity contribution in [2.75, 3.05) is 0 Å². The maximum Gasteiger partial charge on any atom is 0.573 e. The summed E-state index contributed by atoms with van der Waals surface area (Å²) in [6, 6.07) is 4.49. The van der Waals surface area contributed by atoms with Gasteiger partial charge in [0, 0.05) is 4.47 Å². The number of rotatable bonds is 3. The predicted molar refractivity (Wildman–Crippen MR) is 54.8 cm³/mol. The third kappa shape index (κ3) is 4.11. The van der Waals surface area contributed by atoms with Gasteiger partial charge < -0.3 is 4.74 Å². The fourth-order valence-electron chi connectivity index (χ4n) is 1.24. The molecular formula is C10H10BrF3O. The number of hydrogen-bond acceptors (Lipinski definition) is 1. The molecule has 0 spiro atoms. The van der Waals surface area contributed by atoms with Gasteiger partial charge in [-0.3, -0.25) is 0 Å². The first-order chi connectivity index (χ1) is 6.92. The molecule has 1 rings (SSSR count). The van der Waals surface area contributed by atoms with E-state index in [1.165, 1.54) is 12.1 Å². The summed E-state index contributed by atoms with van der Waals surface area (Å²) in [5.74, 6) is -0.118. The van der Waals surface area contributed by atoms with Gasteiger partial charge in [-0.15, -0.1) is 13.2 Å². The summed E-state index contributed by atoms with van der Waals surface area (Å²) in [6.07, 6.45) is -3.30. The molecule has 5 heteroatoms. The predicted octanol–water partition coefficient (Wildman–Crippen LogP) is 4.30. The monoisotopic (exact) mass is 282 g/mol. The molecule has 0 aliphatic rings. The molecule has 0 aliphatic carbocycles. The van der Waals surface area contributed by atoms with E-state index in [2.05, 4.69) is 20.7 Å². The molecular weight excluding hydrogens is 273 g/mol. The number of aryl methyl sites for hydroxylation is 1. The van der Waals surface area contributed by atoms with Crippen molar-refractivity contribution < 1.29 is 17.9 Å². The molecule has 0 N–H and O–H groups in total. The van der Waals surface area contributed by atoms with Crippen molar-refractivity contribution in [3.05, 3.63) is 28.2 Å². The molecule has 0 saturated carbocycles. The van der Waals surface area contributed by atoms with E-state index in [0.29, 0.717) is 12.0 Å². The lowest BCUT2D eigenvalue weighted by atomic mass is 10.1. The zero-order valence-electron chi connectivity index (χ0n) is 8.07. The number of halogens is 4. The Labute approximate surface area is 94.4 Å². The minimum atomic E-state index is -4.63. The molecule has 0 aliphatic heterocycles. The summed E-state index contributed by atoms with van der Waals surface area (Å²) in [4.78, 5) is 0. The normalized spacial score (nSPS) is 11.5. The second kappa shape index (κ2) is 4.88. The van der Waals surface area contributed by atoms with E-state index >= 15 is 0 Å². The average Bonchev–Trinajstić information content (AvgIpc) is 2.08. The van der Waals surface area contributed by atoms with Crippen molar-refractivity contribution in [2.24, 2.45) is 0 Å². The minimum absolute atomic E-state index is 0.118. The van der Waals surface area contributed by atoms with E-state index < -0.39 is 6.36 Å². The van der Waals surface area contributed by atoms with Crippen LogP contribution in [0.15, 0.2) is 22.7 Å². The highest BCUT2D eigenvalue weighted by atomic mass is 79.9. The van der Waals surface area contributed by atoms with Gasteiger partial charge in [-0.25, -0.2) is 0 Å². The molecule has 0 saturated heterocycles. The van der Waals surface area contributed by atoms with E-state index in [-0.39, 0.29) is 5.75 Å². The van der Waals surface area contributed by atoms with Crippen LogP contribution in [0.5, 0.6) is 5.75 Å². The molecule has 1 nitrogen and oxygen atoms in total. The van der Waals surface area contributed by atoms with Crippen molar-refractivity contribution in [3.8, 4) is 5.75 Å². The molecule has 0 radical (unpaired) electrons. The van der Waals surface area contributed by atoms with Crippen molar-refractivity contribution in [2.45, 2.75) is 26.1 Å². The van der Waals surface area contributed by atoms with Crippen molar-refractivity contribution in [1.29, 1.82) is 0 Å². The third-order valence-corrected chi connectivity index (χ3v) is 2.26. The topological polar surface area (TPSA) is 9.23 Å². The van der Waals surface area contributed by atoms with Crippen molar-refractivity contribution in [3.63, 3.8) is 0 Å². The average molecular weight is 283 g/mol. The van der Waals surface area contributed by atoms with Gasteiger partial charge in [-0.2, -0.15) is 0 Å². The van der Waals surface area contributed by atoms with Gasteiger partial charge in [-0.05, 0) is 30.2 Å². The molecule has 0 aromatic heterocycles. The van der Waals surface area contributed by atoms with Gasteiger partial charge in [0.15, 0.2) is 0 Å². The van der Waals surface area contributed by atoms with E-state index in [0.717, 1.165) is 10.9 Å². The Hall–Kier alpha value is -0.710. The molecule has 15 heavy (non-hydrogen) atoms. The van der Waals surface area contributed by atoms with Crippen LogP contribution in [0.25, 0.3) is 0 Å². The first-order valence-corrected chi connectivity index (χ1v) is 5.26. The Bertz CT molecular complexity index is 336. The Balaban J connectivity index is 2.95. The van der Waals surface area contributed by atoms with Crippen LogP contribution in [-0.4, -0.2) is 6.36 Å². The van der Waals surface area contributed by atoms with Crippen LogP contribution in [-0.2, 0) is 6.42 Å². The van der Waals surface area contributed by atoms with Gasteiger partial charge >= 0.3 is 6.36 Å². The lowest BCUT2D eigenvalue weighted by Crippen LogP contribution is -2.18. The molecule has 0 heterocycles. The zero-order valence-corrected chi connectivity index (χ0v) is 9.65. The summed E-state index contributed by atoms with van der Waals surface area (Å²) in [6.45, 7) is 1.90. The summed E-state index contributed by atoms with van der Waals surface area (Å²) in [5.41, 5.74) is 0.559. The van der Waals surface area contributed by atoms with Gasteiger partial charge in [-0.1, -0.05) is 29.3 Å². The lowest BCUT2D eigenvalue weighted by molar-refractivity contribution is -0.274. The number of hydrogen-bond donors (Lipinski definition) is 0. The molecule has 0 fully saturated rings. The largest absolute Gasteiger partial charge is 0.573 e. The molecule has 0 unspecified atom stereocenters. The molecule has 84 valence electrons. The lowest BCUT2D eigenvalue weighted by Gasteiger charge is -2.13. The SMILES string of the molecule is CCCc1cc(Br)ccc1OC(F)(F)F. The van der Waals surface area contributed by atoms with Gasteiger partial charge in [0.25, 0.3) is 0 Å². The fourth-order valence-corrected chi connectivity index (χ4v) is 1.65. The third-order valence-electron chi connectivity index (χ3n) is 1.77. The molecule has 0 bridgehead atoms. The molecule has 1 aromatic carbocycles. The van der Waals surface area contributed by atoms with Crippen LogP contribution in [0.1, 0.15) is 18.9 Å². The molecule has 0 atom stereocenters. The molecule has 0 amide bonds. The molecule has 1 aromatic rings. The van der Waals surface area contributed by atoms with Crippen molar-refractivity contribution >= 4 is 15.9 Å². The second-order valence-corrected chi connectivity index (χ2v) is 3.97. The Morgan fingerprint density at radius 3 is 2.53 bits per heavy atom. The maximum atomic E-state index is 12.0. The second-order valence-electron chi connectivity index (χ2n) is 3.05. The van der Waals surface area contributed by atoms with E-state index in [9.17, 15) is 13.2 Å². The fraction of sp³-hybridized carbons (Fsp3) is 0.400. The summed E-state index contributed by atoms with van der Waals surface area (Å²) in [7, 11) is 0. The van der Waals surface area contributed by atoms with Crippen LogP contribution >= 0.6 is 15.9 Å². The van der Waals surface area contributed by atoms with Crippen LogP contribution in [0, 0.1) is 0 Å². The Morgan fingerprint density at radius 1 is 1.33 bits per heavy atom. The van der Waals surface area contributed by atoms with Gasteiger partial charge in [0.1, 0.15) is 5.75 Å². The van der Waals surface area contributed by atoms with Crippen LogP contribution < -0.4 is 4.74 Å². The Morgan fingerprint density at radius 2 is 2.00 bits per heavy atom. The summed E-state index contributed by atoms with van der Waals surface area (Å²) >= 11 is 3.21. The van der Waals surface area contributed by atoms with Gasteiger partial charge in [0.2, 0.25) is 0 Å². The standard InChI is InChI=1S/C10H10BrF3O/c1-2-3-7-6-8(11)4-5-9(7)15-10(12,13)14/h4-6H,2-3H2,1H3. The number of ether oxygens (including phenoxy) is 1. The van der Waals surface area contributed by atoms with Gasteiger partial charge in [0.05, 0.1) is 0 Å². The highest BCUT2D eigenvalue weighted by Gasteiger charge is 2.31. The smallest absolute Gasteiger partial charge is 0.406 e. The minimum Gasteiger partial charge on any atom is -0.406 e. The van der Waals surface area contributed by atoms with E-state index in [1.807, 2.05) is 6.92 Å². The van der Waals surface area contributed by atoms with E-state index in [4.69, 9.17) is 0 Å². The summed E-state index contributed by atoms with van der Waals surface area (Å²) < 4.78 is 40.8. The maximum absolute atomic E-state index is 12.0. The van der Waals surface area contributed by atoms with Crippen LogP contribution in [0.2, 0.25) is 0 Å². The van der Waals surface area contributed by atoms with Crippen LogP contribution in [0.3, 0.4) is 0 Å². The quantitative estimate of drug-likeness (QED) is 0.803. The van der Waals surface area contributed by atoms with E-state index in [1.54, 1.807) is 6.07 Å². The first kappa shape index (κ1) is 12.4. The zero-order chi connectivity index (χ0) is 11.5. The Kier molecular flexibility index (Phi) is 4.02. The first-order valence-electron chi connectivity index (χ1n) is 4.46.